The number of nitrogens with one attached hydrogen (secondary N) is 8. The number of fused-ring (bicyclic) bond motifs is 2. The van der Waals surface area contributed by atoms with Crippen molar-refractivity contribution in [3.05, 3.63) is 142 Å². The molecule has 576 valence electrons. The van der Waals surface area contributed by atoms with E-state index in [1.807, 2.05) is 103 Å². The van der Waals surface area contributed by atoms with Crippen LogP contribution in [0, 0.1) is 47.9 Å². The third-order valence-corrected chi connectivity index (χ3v) is 20.6. The molecule has 0 radical (unpaired) electrons. The molecular formula is C80H97BrN16O12. The molecule has 8 amide bonds. The van der Waals surface area contributed by atoms with E-state index in [1.54, 1.807) is 33.3 Å². The first-order valence-electron chi connectivity index (χ1n) is 36.8. The molecule has 0 saturated carbocycles. The Bertz CT molecular complexity index is 4690. The van der Waals surface area contributed by atoms with Crippen LogP contribution in [0.3, 0.4) is 0 Å². The molecule has 0 spiro atoms. The lowest BCUT2D eigenvalue weighted by atomic mass is 10.0. The summed E-state index contributed by atoms with van der Waals surface area (Å²) in [6.07, 6.45) is 16.4. The number of aromatic nitrogens is 8. The predicted octanol–water partition coefficient (Wildman–Crippen LogP) is 11.9. The molecule has 4 aliphatic rings. The van der Waals surface area contributed by atoms with Crippen molar-refractivity contribution in [3.8, 4) is 46.7 Å². The van der Waals surface area contributed by atoms with E-state index >= 15 is 0 Å². The Balaban J connectivity index is 0.000000194. The Morgan fingerprint density at radius 2 is 0.734 bits per heavy atom. The third kappa shape index (κ3) is 19.4. The third-order valence-electron chi connectivity index (χ3n) is 20.1. The Kier molecular flexibility index (Phi) is 27.0. The zero-order chi connectivity index (χ0) is 78.3. The molecule has 29 heteroatoms. The number of nitrogens with zero attached hydrogens (tertiary/aromatic N) is 8. The maximum absolute atomic E-state index is 13.5. The highest BCUT2D eigenvalue weighted by Gasteiger charge is 2.42. The van der Waals surface area contributed by atoms with E-state index < -0.39 is 48.5 Å². The van der Waals surface area contributed by atoms with E-state index in [-0.39, 0.29) is 71.5 Å². The van der Waals surface area contributed by atoms with Crippen LogP contribution < -0.4 is 21.3 Å². The molecule has 0 unspecified atom stereocenters. The number of benzene rings is 4. The summed E-state index contributed by atoms with van der Waals surface area (Å²) >= 11 is 3.51. The Labute approximate surface area is 642 Å². The van der Waals surface area contributed by atoms with Crippen molar-refractivity contribution in [3.63, 3.8) is 0 Å². The number of hydrogen-bond donors (Lipinski definition) is 8. The SMILES string of the molecule is C#Cc1cnc([C@@H]2CCCN2C(=O)[C@@H](NC(=O)OC)C(C)C)[nH]1.COC(=O)N[C@H](C(=O)N1CCC[C@H]1c1ncc(-c2ccc3cc(Br)ccc3c2)[nH]1)C(C)C.COC(=O)N[C@H](C(=O)N1CCC[C@H]1c1ncc(C#Cc2ccc3cc(-c4cnc([C@@H]5CCCN5C(=O)[C@@H](NC(=O)OC)C(C)C)[nH]4)ccc3c2)[nH]1)C(C)C. The van der Waals surface area contributed by atoms with Gasteiger partial charge in [0.25, 0.3) is 0 Å². The number of methoxy groups -OCH3 is 4. The van der Waals surface area contributed by atoms with Crippen molar-refractivity contribution in [1.82, 2.24) is 80.7 Å². The number of ether oxygens (including phenoxy) is 4. The highest BCUT2D eigenvalue weighted by atomic mass is 79.9. The molecule has 8 atom stereocenters. The van der Waals surface area contributed by atoms with Gasteiger partial charge in [-0.25, -0.2) is 39.1 Å². The van der Waals surface area contributed by atoms with Gasteiger partial charge >= 0.3 is 24.4 Å². The Morgan fingerprint density at radius 3 is 1.08 bits per heavy atom. The van der Waals surface area contributed by atoms with Crippen molar-refractivity contribution < 1.29 is 57.3 Å². The fraction of sp³-hybridized carbons (Fsp3) is 0.450. The molecule has 4 fully saturated rings. The van der Waals surface area contributed by atoms with Gasteiger partial charge in [0.2, 0.25) is 23.6 Å². The largest absolute Gasteiger partial charge is 0.453 e. The van der Waals surface area contributed by atoms with E-state index in [1.165, 1.54) is 28.4 Å². The molecule has 4 saturated heterocycles. The first-order valence-corrected chi connectivity index (χ1v) is 37.6. The highest BCUT2D eigenvalue weighted by Crippen LogP contribution is 2.38. The van der Waals surface area contributed by atoms with Crippen molar-refractivity contribution in [2.45, 2.75) is 155 Å². The molecule has 12 rings (SSSR count). The maximum atomic E-state index is 13.5. The monoisotopic (exact) mass is 1550 g/mol. The number of hydrogen-bond acceptors (Lipinski definition) is 16. The summed E-state index contributed by atoms with van der Waals surface area (Å²) in [7, 11) is 5.14. The first-order chi connectivity index (χ1) is 52.3. The van der Waals surface area contributed by atoms with E-state index in [2.05, 4.69) is 136 Å². The fourth-order valence-corrected chi connectivity index (χ4v) is 14.6. The number of H-pyrrole nitrogens is 4. The zero-order valence-corrected chi connectivity index (χ0v) is 65.2. The van der Waals surface area contributed by atoms with Gasteiger partial charge in [-0.05, 0) is 139 Å². The lowest BCUT2D eigenvalue weighted by Crippen LogP contribution is -2.51. The van der Waals surface area contributed by atoms with Crippen molar-refractivity contribution >= 4 is 85.5 Å². The number of terminal acetylenes is 1. The Hall–Kier alpha value is -11.2. The maximum Gasteiger partial charge on any atom is 0.407 e. The molecule has 8 aromatic rings. The first kappa shape index (κ1) is 80.3. The minimum absolute atomic E-state index is 0.0549. The van der Waals surface area contributed by atoms with Gasteiger partial charge in [0.15, 0.2) is 0 Å². The minimum atomic E-state index is -0.699. The van der Waals surface area contributed by atoms with E-state index in [0.717, 1.165) is 111 Å². The van der Waals surface area contributed by atoms with Gasteiger partial charge in [-0.15, -0.1) is 6.42 Å². The second-order valence-electron chi connectivity index (χ2n) is 28.8. The number of halogens is 1. The van der Waals surface area contributed by atoms with Gasteiger partial charge in [0.1, 0.15) is 58.9 Å². The summed E-state index contributed by atoms with van der Waals surface area (Å²) in [5.74, 6) is 10.9. The fourth-order valence-electron chi connectivity index (χ4n) is 14.2. The smallest absolute Gasteiger partial charge is 0.407 e. The summed E-state index contributed by atoms with van der Waals surface area (Å²) in [6, 6.07) is 21.3. The molecule has 4 aliphatic heterocycles. The van der Waals surface area contributed by atoms with Crippen LogP contribution in [0.15, 0.2) is 102 Å². The molecule has 8 heterocycles. The minimum Gasteiger partial charge on any atom is -0.453 e. The normalized spacial score (nSPS) is 17.8. The van der Waals surface area contributed by atoms with Gasteiger partial charge in [0, 0.05) is 47.3 Å². The van der Waals surface area contributed by atoms with Crippen LogP contribution in [-0.2, 0) is 38.1 Å². The van der Waals surface area contributed by atoms with Crippen LogP contribution >= 0.6 is 15.9 Å². The van der Waals surface area contributed by atoms with E-state index in [0.29, 0.717) is 55.0 Å². The van der Waals surface area contributed by atoms with Gasteiger partial charge in [0.05, 0.1) is 88.8 Å². The van der Waals surface area contributed by atoms with E-state index in [9.17, 15) is 38.4 Å². The number of carbonyl (C=O) groups is 8. The summed E-state index contributed by atoms with van der Waals surface area (Å²) < 4.78 is 19.9. The zero-order valence-electron chi connectivity index (χ0n) is 63.6. The average Bonchev–Trinajstić information content (AvgIpc) is 1.77. The summed E-state index contributed by atoms with van der Waals surface area (Å²) in [5, 5.41) is 15.0. The second kappa shape index (κ2) is 36.6. The van der Waals surface area contributed by atoms with Crippen molar-refractivity contribution in [1.29, 1.82) is 0 Å². The number of carbonyl (C=O) groups excluding carboxylic acids is 8. The summed E-state index contributed by atoms with van der Waals surface area (Å²) in [5.41, 5.74) is 5.85. The van der Waals surface area contributed by atoms with Crippen LogP contribution in [0.4, 0.5) is 19.2 Å². The molecule has 0 aliphatic carbocycles. The lowest BCUT2D eigenvalue weighted by Gasteiger charge is -2.30. The Morgan fingerprint density at radius 1 is 0.422 bits per heavy atom. The molecule has 4 aromatic carbocycles. The van der Waals surface area contributed by atoms with Gasteiger partial charge < -0.3 is 79.8 Å². The van der Waals surface area contributed by atoms with Crippen LogP contribution in [0.5, 0.6) is 0 Å². The summed E-state index contributed by atoms with van der Waals surface area (Å²) in [4.78, 5) is 139. The lowest BCUT2D eigenvalue weighted by molar-refractivity contribution is -0.136. The van der Waals surface area contributed by atoms with Crippen LogP contribution in [-0.4, -0.2) is 186 Å². The number of rotatable bonds is 18. The highest BCUT2D eigenvalue weighted by molar-refractivity contribution is 9.10. The number of amides is 8. The van der Waals surface area contributed by atoms with Crippen LogP contribution in [0.1, 0.15) is 171 Å². The standard InChI is InChI=1S/C40H48N8O6.C24H27BrN4O3.C16H22N4O3/c1-23(2)33(45-39(51)53-5)37(49)47-17-7-9-31(47)35-41-21-29(43-35)16-12-25-11-13-27-20-28(15-14-26(27)19-25)30-22-42-36(44-30)32-10-8-18-48(32)38(50)34(24(3)4)46-40(52)54-6;1-14(2)21(28-24(31)32-3)23(30)29-10-4-5-20(29)22-26-13-19(27-22)17-7-6-16-12-18(25)9-8-15(16)11-17;1-5-11-9-17-14(18-11)12-7-6-8-20(12)15(21)13(10(2)3)19-16(22)23-4/h11,13-15,19-24,31-34H,7-10,17-18H2,1-6H3,(H,41,43)(H,42,44)(H,45,51)(H,46,52);6-9,11-14,20-21H,4-5,10H2,1-3H3,(H,26,27)(H,28,31);1,9-10,12-13H,6-8H2,2-4H3,(H,17,18)(H,19,22)/t31-,32-,33-,34-;20-,21-;12-,13-/m000/s1. The topological polar surface area (TPSA) is 349 Å². The molecule has 109 heavy (non-hydrogen) atoms. The van der Waals surface area contributed by atoms with Crippen LogP contribution in [0.25, 0.3) is 44.1 Å². The van der Waals surface area contributed by atoms with Crippen LogP contribution in [0.2, 0.25) is 0 Å². The molecule has 8 N–H and O–H groups in total. The quantitative estimate of drug-likeness (QED) is 0.0292. The number of alkyl carbamates (subject to hydrolysis) is 4. The summed E-state index contributed by atoms with van der Waals surface area (Å²) in [6.45, 7) is 17.6. The molecule has 0 bridgehead atoms. The molecule has 28 nitrogen and oxygen atoms in total. The van der Waals surface area contributed by atoms with Gasteiger partial charge in [-0.1, -0.05) is 120 Å². The van der Waals surface area contributed by atoms with Gasteiger partial charge in [-0.3, -0.25) is 19.2 Å². The predicted molar refractivity (Wildman–Crippen MR) is 413 cm³/mol. The van der Waals surface area contributed by atoms with Crippen molar-refractivity contribution in [2.75, 3.05) is 54.6 Å². The molecular weight excluding hydrogens is 1460 g/mol. The second-order valence-corrected chi connectivity index (χ2v) is 29.7. The average molecular weight is 1550 g/mol. The number of aromatic amines is 4. The number of likely N-dealkylation sites (tertiary alicyclic amines) is 4. The van der Waals surface area contributed by atoms with Crippen molar-refractivity contribution in [2.24, 2.45) is 23.7 Å². The molecule has 4 aromatic heterocycles. The number of imidazole rings is 4. The van der Waals surface area contributed by atoms with Gasteiger partial charge in [-0.2, -0.15) is 0 Å². The van der Waals surface area contributed by atoms with E-state index in [4.69, 9.17) is 20.6 Å².